The topological polar surface area (TPSA) is 58.6 Å². The second-order valence-corrected chi connectivity index (χ2v) is 8.45. The molecule has 1 aliphatic rings. The van der Waals surface area contributed by atoms with E-state index in [0.29, 0.717) is 19.7 Å². The minimum Gasteiger partial charge on any atom is -0.383 e. The number of rotatable bonds is 6. The third-order valence-corrected chi connectivity index (χ3v) is 5.80. The summed E-state index contributed by atoms with van der Waals surface area (Å²) in [5.41, 5.74) is 0. The van der Waals surface area contributed by atoms with Crippen molar-refractivity contribution in [3.8, 4) is 0 Å². The molecule has 1 atom stereocenters. The Bertz CT molecular complexity index is 343. The number of nitrogens with zero attached hydrogens (tertiary/aromatic N) is 1. The quantitative estimate of drug-likeness (QED) is 0.781. The van der Waals surface area contributed by atoms with Gasteiger partial charge in [0.05, 0.1) is 11.4 Å². The molecular formula is C12H26N2O3S. The van der Waals surface area contributed by atoms with E-state index in [1.165, 1.54) is 0 Å². The summed E-state index contributed by atoms with van der Waals surface area (Å²) in [5, 5.41) is 3.34. The molecule has 0 radical (unpaired) electrons. The van der Waals surface area contributed by atoms with E-state index < -0.39 is 14.8 Å². The van der Waals surface area contributed by atoms with Gasteiger partial charge in [0, 0.05) is 26.2 Å². The van der Waals surface area contributed by atoms with Crippen LogP contribution >= 0.6 is 0 Å². The monoisotopic (exact) mass is 278 g/mol. The van der Waals surface area contributed by atoms with Crippen molar-refractivity contribution in [2.45, 2.75) is 44.4 Å². The predicted molar refractivity (Wildman–Crippen MR) is 73.1 cm³/mol. The third-order valence-electron chi connectivity index (χ3n) is 3.24. The molecule has 18 heavy (non-hydrogen) atoms. The standard InChI is InChI=1S/C12H26N2O3S/c1-12(2,3)18(15,16)14(8-9-17-4)10-11-6-5-7-13-11/h11,13H,5-10H2,1-4H3. The number of methoxy groups -OCH3 is 1. The predicted octanol–water partition coefficient (Wildman–Crippen LogP) is 0.815. The zero-order valence-corrected chi connectivity index (χ0v) is 12.7. The highest BCUT2D eigenvalue weighted by atomic mass is 32.2. The van der Waals surface area contributed by atoms with E-state index in [-0.39, 0.29) is 6.04 Å². The molecule has 1 fully saturated rings. The molecule has 1 unspecified atom stereocenters. The normalized spacial score (nSPS) is 21.7. The first kappa shape index (κ1) is 15.9. The van der Waals surface area contributed by atoms with Crippen molar-refractivity contribution in [2.24, 2.45) is 0 Å². The maximum absolute atomic E-state index is 12.5. The molecule has 0 amide bonds. The molecule has 0 saturated carbocycles. The molecule has 1 aliphatic heterocycles. The Kier molecular flexibility index (Phi) is 5.58. The Morgan fingerprint density at radius 3 is 2.50 bits per heavy atom. The van der Waals surface area contributed by atoms with Crippen LogP contribution in [0.4, 0.5) is 0 Å². The zero-order chi connectivity index (χ0) is 13.8. The molecule has 108 valence electrons. The van der Waals surface area contributed by atoms with Gasteiger partial charge in [0.25, 0.3) is 0 Å². The van der Waals surface area contributed by atoms with Crippen LogP contribution in [0.5, 0.6) is 0 Å². The molecule has 0 aromatic carbocycles. The Morgan fingerprint density at radius 1 is 1.39 bits per heavy atom. The van der Waals surface area contributed by atoms with Gasteiger partial charge in [-0.2, -0.15) is 4.31 Å². The van der Waals surface area contributed by atoms with Crippen LogP contribution in [0, 0.1) is 0 Å². The van der Waals surface area contributed by atoms with E-state index in [4.69, 9.17) is 4.74 Å². The maximum atomic E-state index is 12.5. The second-order valence-electron chi connectivity index (χ2n) is 5.76. The van der Waals surface area contributed by atoms with Gasteiger partial charge in [0.2, 0.25) is 10.0 Å². The van der Waals surface area contributed by atoms with Gasteiger partial charge in [0.15, 0.2) is 0 Å². The van der Waals surface area contributed by atoms with Crippen LogP contribution in [0.15, 0.2) is 0 Å². The van der Waals surface area contributed by atoms with Crippen molar-refractivity contribution < 1.29 is 13.2 Å². The Morgan fingerprint density at radius 2 is 2.06 bits per heavy atom. The van der Waals surface area contributed by atoms with Gasteiger partial charge >= 0.3 is 0 Å². The van der Waals surface area contributed by atoms with Gasteiger partial charge in [0.1, 0.15) is 0 Å². The van der Waals surface area contributed by atoms with Crippen molar-refractivity contribution in [3.05, 3.63) is 0 Å². The molecule has 1 rings (SSSR count). The van der Waals surface area contributed by atoms with Crippen LogP contribution < -0.4 is 5.32 Å². The number of sulfonamides is 1. The summed E-state index contributed by atoms with van der Waals surface area (Å²) in [6, 6.07) is 0.277. The summed E-state index contributed by atoms with van der Waals surface area (Å²) in [7, 11) is -1.69. The van der Waals surface area contributed by atoms with Crippen molar-refractivity contribution in [1.29, 1.82) is 0 Å². The van der Waals surface area contributed by atoms with E-state index in [1.54, 1.807) is 32.2 Å². The summed E-state index contributed by atoms with van der Waals surface area (Å²) in [5.74, 6) is 0. The van der Waals surface area contributed by atoms with Gasteiger partial charge in [-0.05, 0) is 40.2 Å². The Hall–Kier alpha value is -0.170. The Balaban J connectivity index is 2.76. The van der Waals surface area contributed by atoms with E-state index in [0.717, 1.165) is 19.4 Å². The number of ether oxygens (including phenoxy) is 1. The van der Waals surface area contributed by atoms with Gasteiger partial charge in [-0.3, -0.25) is 0 Å². The van der Waals surface area contributed by atoms with E-state index >= 15 is 0 Å². The lowest BCUT2D eigenvalue weighted by molar-refractivity contribution is 0.175. The fraction of sp³-hybridized carbons (Fsp3) is 1.00. The molecule has 1 N–H and O–H groups in total. The van der Waals surface area contributed by atoms with Crippen LogP contribution in [0.1, 0.15) is 33.6 Å². The highest BCUT2D eigenvalue weighted by Gasteiger charge is 2.36. The van der Waals surface area contributed by atoms with Crippen LogP contribution in [0.25, 0.3) is 0 Å². The van der Waals surface area contributed by atoms with Gasteiger partial charge in [-0.25, -0.2) is 8.42 Å². The smallest absolute Gasteiger partial charge is 0.219 e. The van der Waals surface area contributed by atoms with Crippen molar-refractivity contribution in [3.63, 3.8) is 0 Å². The van der Waals surface area contributed by atoms with Crippen molar-refractivity contribution in [2.75, 3.05) is 33.4 Å². The molecule has 0 aliphatic carbocycles. The molecule has 1 heterocycles. The summed E-state index contributed by atoms with van der Waals surface area (Å²) in [6.07, 6.45) is 2.17. The maximum Gasteiger partial charge on any atom is 0.219 e. The third kappa shape index (κ3) is 3.91. The summed E-state index contributed by atoms with van der Waals surface area (Å²) in [4.78, 5) is 0. The molecule has 5 nitrogen and oxygen atoms in total. The van der Waals surface area contributed by atoms with E-state index in [9.17, 15) is 8.42 Å². The summed E-state index contributed by atoms with van der Waals surface area (Å²) >= 11 is 0. The van der Waals surface area contributed by atoms with Gasteiger partial charge < -0.3 is 10.1 Å². The zero-order valence-electron chi connectivity index (χ0n) is 11.9. The van der Waals surface area contributed by atoms with Crippen LogP contribution in [-0.4, -0.2) is 56.9 Å². The average Bonchev–Trinajstić information content (AvgIpc) is 2.75. The average molecular weight is 278 g/mol. The lowest BCUT2D eigenvalue weighted by Gasteiger charge is -2.31. The first-order chi connectivity index (χ1) is 8.29. The first-order valence-electron chi connectivity index (χ1n) is 6.51. The second kappa shape index (κ2) is 6.32. The fourth-order valence-corrected chi connectivity index (χ4v) is 3.51. The lowest BCUT2D eigenvalue weighted by Crippen LogP contribution is -2.48. The molecule has 0 spiro atoms. The SMILES string of the molecule is COCCN(CC1CCCN1)S(=O)(=O)C(C)(C)C. The van der Waals surface area contributed by atoms with Crippen LogP contribution in [0.2, 0.25) is 0 Å². The van der Waals surface area contributed by atoms with Crippen molar-refractivity contribution in [1.82, 2.24) is 9.62 Å². The van der Waals surface area contributed by atoms with E-state index in [1.807, 2.05) is 0 Å². The fourth-order valence-electron chi connectivity index (χ4n) is 2.05. The van der Waals surface area contributed by atoms with E-state index in [2.05, 4.69) is 5.32 Å². The largest absolute Gasteiger partial charge is 0.383 e. The molecule has 6 heteroatoms. The minimum atomic E-state index is -3.28. The highest BCUT2D eigenvalue weighted by molar-refractivity contribution is 7.90. The number of hydrogen-bond acceptors (Lipinski definition) is 4. The van der Waals surface area contributed by atoms with Gasteiger partial charge in [-0.15, -0.1) is 0 Å². The minimum absolute atomic E-state index is 0.277. The van der Waals surface area contributed by atoms with Crippen molar-refractivity contribution >= 4 is 10.0 Å². The number of nitrogens with one attached hydrogen (secondary N) is 1. The highest BCUT2D eigenvalue weighted by Crippen LogP contribution is 2.21. The number of hydrogen-bond donors (Lipinski definition) is 1. The first-order valence-corrected chi connectivity index (χ1v) is 7.95. The molecular weight excluding hydrogens is 252 g/mol. The van der Waals surface area contributed by atoms with Crippen LogP contribution in [0.3, 0.4) is 0 Å². The molecule has 0 aromatic heterocycles. The summed E-state index contributed by atoms with van der Waals surface area (Å²) < 4.78 is 30.8. The Labute approximate surface area is 111 Å². The van der Waals surface area contributed by atoms with Crippen LogP contribution in [-0.2, 0) is 14.8 Å². The molecule has 0 bridgehead atoms. The molecule has 0 aromatic rings. The lowest BCUT2D eigenvalue weighted by atomic mass is 10.2. The van der Waals surface area contributed by atoms with Gasteiger partial charge in [-0.1, -0.05) is 0 Å². The molecule has 1 saturated heterocycles. The summed E-state index contributed by atoms with van der Waals surface area (Å²) in [6.45, 7) is 7.61.